The minimum Gasteiger partial charge on any atom is -0.394 e. The maximum Gasteiger partial charge on any atom is 0.186 e. The number of aliphatic imine (C=N–C) groups is 1. The van der Waals surface area contributed by atoms with Crippen LogP contribution in [0.3, 0.4) is 0 Å². The number of aliphatic hydroxyl groups is 2. The molecule has 6 heteroatoms. The molecule has 0 bridgehead atoms. The Morgan fingerprint density at radius 3 is 1.84 bits per heavy atom. The lowest BCUT2D eigenvalue weighted by Gasteiger charge is -2.13. The lowest BCUT2D eigenvalue weighted by Crippen LogP contribution is -2.32. The average Bonchev–Trinajstić information content (AvgIpc) is 2.56. The van der Waals surface area contributed by atoms with Crippen molar-refractivity contribution in [3.05, 3.63) is 12.2 Å². The second-order valence-electron chi connectivity index (χ2n) is 6.55. The molecule has 0 spiro atoms. The zero-order valence-corrected chi connectivity index (χ0v) is 16.7. The monoisotopic (exact) mass is 377 g/mol. The molecule has 0 rings (SSSR count). The highest BCUT2D eigenvalue weighted by molar-refractivity contribution is 5.85. The van der Waals surface area contributed by atoms with Gasteiger partial charge in [-0.2, -0.15) is 0 Å². The highest BCUT2D eigenvalue weighted by atomic mass is 35.5. The van der Waals surface area contributed by atoms with Crippen LogP contribution >= 0.6 is 12.4 Å². The molecular weight excluding hydrogens is 338 g/mol. The van der Waals surface area contributed by atoms with E-state index in [2.05, 4.69) is 11.9 Å². The van der Waals surface area contributed by atoms with Gasteiger partial charge in [0.05, 0.1) is 12.7 Å². The SMILES string of the molecule is CCCCCCCCCCCCC/C=C/[C@H](O)[C@@H](CO)N=C(N)N.Cl. The van der Waals surface area contributed by atoms with E-state index in [1.54, 1.807) is 6.08 Å². The standard InChI is InChI=1S/C19H39N3O2.ClH/c1-2-3-4-5-6-7-8-9-10-11-12-13-14-15-18(24)17(16-23)22-19(20)21;/h14-15,17-18,23-24H,2-13,16H2,1H3,(H4,20,21,22);1H/b15-14+;/t17-,18+;/m1./s1. The van der Waals surface area contributed by atoms with Gasteiger partial charge in [-0.1, -0.05) is 83.3 Å². The average molecular weight is 378 g/mol. The fourth-order valence-corrected chi connectivity index (χ4v) is 2.71. The van der Waals surface area contributed by atoms with E-state index in [0.29, 0.717) is 0 Å². The Balaban J connectivity index is 0. The molecule has 0 fully saturated rings. The summed E-state index contributed by atoms with van der Waals surface area (Å²) in [6.07, 6.45) is 18.3. The van der Waals surface area contributed by atoms with Gasteiger partial charge in [0.1, 0.15) is 6.04 Å². The zero-order valence-electron chi connectivity index (χ0n) is 15.9. The first-order chi connectivity index (χ1) is 11.6. The molecule has 25 heavy (non-hydrogen) atoms. The largest absolute Gasteiger partial charge is 0.394 e. The summed E-state index contributed by atoms with van der Waals surface area (Å²) >= 11 is 0. The second-order valence-corrected chi connectivity index (χ2v) is 6.55. The molecule has 0 unspecified atom stereocenters. The molecule has 6 N–H and O–H groups in total. The van der Waals surface area contributed by atoms with Crippen molar-refractivity contribution in [2.45, 2.75) is 96.1 Å². The normalized spacial score (nSPS) is 13.4. The molecule has 0 aliphatic heterocycles. The topological polar surface area (TPSA) is 105 Å². The van der Waals surface area contributed by atoms with Gasteiger partial charge in [0.15, 0.2) is 5.96 Å². The van der Waals surface area contributed by atoms with Crippen molar-refractivity contribution in [2.24, 2.45) is 16.5 Å². The Labute approximate surface area is 160 Å². The Hall–Kier alpha value is -0.780. The van der Waals surface area contributed by atoms with Gasteiger partial charge < -0.3 is 21.7 Å². The molecule has 0 aromatic heterocycles. The highest BCUT2D eigenvalue weighted by Gasteiger charge is 2.14. The fraction of sp³-hybridized carbons (Fsp3) is 0.842. The summed E-state index contributed by atoms with van der Waals surface area (Å²) in [7, 11) is 0. The number of unbranched alkanes of at least 4 members (excludes halogenated alkanes) is 11. The van der Waals surface area contributed by atoms with Gasteiger partial charge in [0.2, 0.25) is 0 Å². The van der Waals surface area contributed by atoms with Gasteiger partial charge in [-0.15, -0.1) is 12.4 Å². The fourth-order valence-electron chi connectivity index (χ4n) is 2.71. The first kappa shape index (κ1) is 26.4. The molecule has 0 saturated carbocycles. The number of nitrogens with zero attached hydrogens (tertiary/aromatic N) is 1. The van der Waals surface area contributed by atoms with Gasteiger partial charge in [-0.3, -0.25) is 0 Å². The van der Waals surface area contributed by atoms with E-state index in [1.807, 2.05) is 6.08 Å². The molecule has 150 valence electrons. The number of allylic oxidation sites excluding steroid dienone is 1. The van der Waals surface area contributed by atoms with E-state index in [0.717, 1.165) is 12.8 Å². The summed E-state index contributed by atoms with van der Waals surface area (Å²) in [4.78, 5) is 3.80. The van der Waals surface area contributed by atoms with Crippen LogP contribution < -0.4 is 11.5 Å². The summed E-state index contributed by atoms with van der Waals surface area (Å²) in [5, 5.41) is 19.0. The third-order valence-corrected chi connectivity index (χ3v) is 4.20. The molecule has 0 aromatic carbocycles. The Bertz CT molecular complexity index is 335. The van der Waals surface area contributed by atoms with Crippen molar-refractivity contribution >= 4 is 18.4 Å². The van der Waals surface area contributed by atoms with Crippen molar-refractivity contribution in [3.63, 3.8) is 0 Å². The Morgan fingerprint density at radius 2 is 1.40 bits per heavy atom. The van der Waals surface area contributed by atoms with Crippen molar-refractivity contribution in [1.82, 2.24) is 0 Å². The second kappa shape index (κ2) is 19.5. The van der Waals surface area contributed by atoms with E-state index in [-0.39, 0.29) is 25.0 Å². The molecule has 0 heterocycles. The van der Waals surface area contributed by atoms with E-state index >= 15 is 0 Å². The van der Waals surface area contributed by atoms with Crippen LogP contribution in [-0.4, -0.2) is 34.9 Å². The molecule has 0 aromatic rings. The van der Waals surface area contributed by atoms with Crippen molar-refractivity contribution < 1.29 is 10.2 Å². The van der Waals surface area contributed by atoms with Crippen LogP contribution in [0.1, 0.15) is 84.0 Å². The van der Waals surface area contributed by atoms with Crippen LogP contribution in [0, 0.1) is 0 Å². The molecule has 2 atom stereocenters. The van der Waals surface area contributed by atoms with Crippen molar-refractivity contribution in [2.75, 3.05) is 6.61 Å². The summed E-state index contributed by atoms with van der Waals surface area (Å²) in [5.74, 6) is -0.119. The minimum atomic E-state index is -0.843. The molecular formula is C19H40ClN3O2. The van der Waals surface area contributed by atoms with Crippen LogP contribution in [0.15, 0.2) is 17.1 Å². The maximum absolute atomic E-state index is 9.87. The summed E-state index contributed by atoms with van der Waals surface area (Å²) in [6.45, 7) is 1.98. The van der Waals surface area contributed by atoms with E-state index < -0.39 is 12.1 Å². The Morgan fingerprint density at radius 1 is 0.920 bits per heavy atom. The molecule has 0 aliphatic carbocycles. The summed E-state index contributed by atoms with van der Waals surface area (Å²) in [5.41, 5.74) is 10.5. The molecule has 5 nitrogen and oxygen atoms in total. The summed E-state index contributed by atoms with van der Waals surface area (Å²) in [6, 6.07) is -0.677. The highest BCUT2D eigenvalue weighted by Crippen LogP contribution is 2.12. The van der Waals surface area contributed by atoms with E-state index in [9.17, 15) is 5.11 Å². The maximum atomic E-state index is 9.87. The quantitative estimate of drug-likeness (QED) is 0.142. The molecule has 0 amide bonds. The van der Waals surface area contributed by atoms with Crippen LogP contribution in [0.2, 0.25) is 0 Å². The Kier molecular flexibility index (Phi) is 20.7. The van der Waals surface area contributed by atoms with Crippen molar-refractivity contribution in [1.29, 1.82) is 0 Å². The molecule has 0 radical (unpaired) electrons. The lowest BCUT2D eigenvalue weighted by atomic mass is 10.0. The first-order valence-electron chi connectivity index (χ1n) is 9.66. The van der Waals surface area contributed by atoms with Crippen molar-refractivity contribution in [3.8, 4) is 0 Å². The number of hydrogen-bond acceptors (Lipinski definition) is 3. The van der Waals surface area contributed by atoms with Gasteiger partial charge in [0, 0.05) is 0 Å². The predicted octanol–water partition coefficient (Wildman–Crippen LogP) is 3.66. The predicted molar refractivity (Wildman–Crippen MR) is 110 cm³/mol. The molecule has 0 aliphatic rings. The number of halogens is 1. The lowest BCUT2D eigenvalue weighted by molar-refractivity contribution is 0.145. The third kappa shape index (κ3) is 17.8. The number of hydrogen-bond donors (Lipinski definition) is 4. The van der Waals surface area contributed by atoms with Gasteiger partial charge >= 0.3 is 0 Å². The minimum absolute atomic E-state index is 0. The van der Waals surface area contributed by atoms with Gasteiger partial charge in [-0.25, -0.2) is 4.99 Å². The van der Waals surface area contributed by atoms with Crippen LogP contribution in [0.25, 0.3) is 0 Å². The van der Waals surface area contributed by atoms with Crippen LogP contribution in [0.5, 0.6) is 0 Å². The number of aliphatic hydroxyl groups excluding tert-OH is 2. The zero-order chi connectivity index (χ0) is 18.0. The number of rotatable bonds is 16. The van der Waals surface area contributed by atoms with Gasteiger partial charge in [0.25, 0.3) is 0 Å². The molecule has 0 saturated heterocycles. The van der Waals surface area contributed by atoms with E-state index in [4.69, 9.17) is 16.6 Å². The summed E-state index contributed by atoms with van der Waals surface area (Å²) < 4.78 is 0. The van der Waals surface area contributed by atoms with Gasteiger partial charge in [-0.05, 0) is 12.8 Å². The number of nitrogens with two attached hydrogens (primary N) is 2. The third-order valence-electron chi connectivity index (χ3n) is 4.20. The van der Waals surface area contributed by atoms with E-state index in [1.165, 1.54) is 64.2 Å². The first-order valence-corrected chi connectivity index (χ1v) is 9.66. The van der Waals surface area contributed by atoms with Crippen LogP contribution in [0.4, 0.5) is 0 Å². The number of guanidine groups is 1. The van der Waals surface area contributed by atoms with Crippen LogP contribution in [-0.2, 0) is 0 Å². The smallest absolute Gasteiger partial charge is 0.186 e.